The van der Waals surface area contributed by atoms with Gasteiger partial charge >= 0.3 is 0 Å². The van der Waals surface area contributed by atoms with Crippen molar-refractivity contribution in [3.05, 3.63) is 93.2 Å². The first-order valence-corrected chi connectivity index (χ1v) is 11.7. The van der Waals surface area contributed by atoms with Gasteiger partial charge in [0, 0.05) is 46.2 Å². The number of rotatable bonds is 3. The Balaban J connectivity index is 1.96. The first-order valence-electron chi connectivity index (χ1n) is 10.5. The number of anilines is 1. The highest BCUT2D eigenvalue weighted by Crippen LogP contribution is 2.40. The summed E-state index contributed by atoms with van der Waals surface area (Å²) in [4.78, 5) is 11.6. The number of benzene rings is 1. The van der Waals surface area contributed by atoms with Crippen LogP contribution < -0.4 is 10.6 Å². The van der Waals surface area contributed by atoms with E-state index in [1.54, 1.807) is 24.2 Å². The smallest absolute Gasteiger partial charge is 0.132 e. The number of aromatic nitrogens is 1. The normalized spacial score (nSPS) is 15.0. The number of aliphatic imine (C=N–C) groups is 1. The highest BCUT2D eigenvalue weighted by atomic mass is 35.5. The van der Waals surface area contributed by atoms with E-state index in [1.165, 1.54) is 11.3 Å². The van der Waals surface area contributed by atoms with Gasteiger partial charge in [-0.15, -0.1) is 11.3 Å². The van der Waals surface area contributed by atoms with Crippen molar-refractivity contribution in [1.82, 2.24) is 4.98 Å². The van der Waals surface area contributed by atoms with Crippen LogP contribution in [0.2, 0.25) is 5.02 Å². The number of hydrogen-bond acceptors (Lipinski definition) is 6. The van der Waals surface area contributed by atoms with Crippen LogP contribution >= 0.6 is 22.9 Å². The van der Waals surface area contributed by atoms with Crippen LogP contribution in [0.25, 0.3) is 0 Å². The van der Waals surface area contributed by atoms with Crippen molar-refractivity contribution >= 4 is 45.3 Å². The van der Waals surface area contributed by atoms with Gasteiger partial charge in [0.15, 0.2) is 0 Å². The molecule has 1 atom stereocenters. The number of nitrogens with two attached hydrogens (primary N) is 1. The molecule has 6 nitrogen and oxygen atoms in total. The number of halogens is 1. The molecule has 0 fully saturated rings. The Hall–Kier alpha value is -3.73. The number of thiophene rings is 1. The fourth-order valence-electron chi connectivity index (χ4n) is 3.71. The van der Waals surface area contributed by atoms with Crippen molar-refractivity contribution < 1.29 is 0 Å². The molecule has 0 spiro atoms. The summed E-state index contributed by atoms with van der Waals surface area (Å²) in [7, 11) is 0. The third kappa shape index (κ3) is 4.65. The number of nitrogens with one attached hydrogen (secondary N) is 2. The van der Waals surface area contributed by atoms with Gasteiger partial charge in [-0.2, -0.15) is 0 Å². The number of nitrogens with zero attached hydrogens (tertiary/aromatic N) is 3. The van der Waals surface area contributed by atoms with Gasteiger partial charge in [0.1, 0.15) is 22.7 Å². The van der Waals surface area contributed by atoms with Crippen molar-refractivity contribution in [2.24, 2.45) is 10.7 Å². The molecule has 170 valence electrons. The Labute approximate surface area is 207 Å². The standard InChI is InChI=1S/C26H23ClN6S/c1-15(28)13-21-25(30)33(17(3)29)26-23(24(32-21)19-7-9-20(27)10-8-19)16(2)22(34-26)11-6-18-5-4-12-31-14-18/h4-5,7-10,12,14,21,29-30H,1,13,28H2,2-3H3/t21-/m0/s1. The summed E-state index contributed by atoms with van der Waals surface area (Å²) < 4.78 is 0. The lowest BCUT2D eigenvalue weighted by atomic mass is 9.99. The molecule has 0 unspecified atom stereocenters. The van der Waals surface area contributed by atoms with E-state index in [0.717, 1.165) is 37.8 Å². The van der Waals surface area contributed by atoms with Crippen molar-refractivity contribution in [1.29, 1.82) is 10.8 Å². The highest BCUT2D eigenvalue weighted by molar-refractivity contribution is 7.17. The van der Waals surface area contributed by atoms with E-state index in [-0.39, 0.29) is 11.7 Å². The molecule has 0 saturated heterocycles. The molecule has 0 aliphatic carbocycles. The number of hydrogen-bond donors (Lipinski definition) is 3. The minimum Gasteiger partial charge on any atom is -0.402 e. The Morgan fingerprint density at radius 1 is 1.26 bits per heavy atom. The summed E-state index contributed by atoms with van der Waals surface area (Å²) in [5.74, 6) is 6.82. The summed E-state index contributed by atoms with van der Waals surface area (Å²) in [5, 5.41) is 18.7. The molecule has 8 heteroatoms. The zero-order valence-electron chi connectivity index (χ0n) is 18.8. The molecular formula is C26H23ClN6S. The molecule has 2 aromatic heterocycles. The van der Waals surface area contributed by atoms with E-state index in [1.807, 2.05) is 43.3 Å². The van der Waals surface area contributed by atoms with Crippen LogP contribution in [0.1, 0.15) is 40.5 Å². The topological polar surface area (TPSA) is 102 Å². The van der Waals surface area contributed by atoms with Crippen LogP contribution in [0.3, 0.4) is 0 Å². The predicted octanol–water partition coefficient (Wildman–Crippen LogP) is 5.37. The van der Waals surface area contributed by atoms with Gasteiger partial charge in [0.05, 0.1) is 10.6 Å². The zero-order valence-corrected chi connectivity index (χ0v) is 20.4. The quantitative estimate of drug-likeness (QED) is 0.263. The Bertz CT molecular complexity index is 1380. The second-order valence-electron chi connectivity index (χ2n) is 7.90. The molecule has 4 rings (SSSR count). The molecule has 0 bridgehead atoms. The average molecular weight is 487 g/mol. The van der Waals surface area contributed by atoms with Gasteiger partial charge in [0.2, 0.25) is 0 Å². The van der Waals surface area contributed by atoms with Gasteiger partial charge in [-0.25, -0.2) is 0 Å². The monoisotopic (exact) mass is 486 g/mol. The van der Waals surface area contributed by atoms with Crippen molar-refractivity contribution in [2.75, 3.05) is 4.90 Å². The molecule has 4 N–H and O–H groups in total. The number of amidine groups is 2. The van der Waals surface area contributed by atoms with Gasteiger partial charge in [-0.05, 0) is 43.7 Å². The van der Waals surface area contributed by atoms with E-state index in [2.05, 4.69) is 23.4 Å². The average Bonchev–Trinajstić information content (AvgIpc) is 3.05. The van der Waals surface area contributed by atoms with Crippen molar-refractivity contribution in [3.63, 3.8) is 0 Å². The molecular weight excluding hydrogens is 464 g/mol. The Kier molecular flexibility index (Phi) is 6.64. The van der Waals surface area contributed by atoms with E-state index >= 15 is 0 Å². The SMILES string of the molecule is C=C(N)C[C@@H]1N=C(c2ccc(Cl)cc2)c2c(sc(C#Cc3cccnc3)c2C)N(C(C)=N)C1=N. The van der Waals surface area contributed by atoms with Gasteiger partial charge < -0.3 is 5.73 Å². The van der Waals surface area contributed by atoms with Gasteiger partial charge in [-0.1, -0.05) is 42.2 Å². The summed E-state index contributed by atoms with van der Waals surface area (Å²) in [6.07, 6.45) is 3.73. The minimum absolute atomic E-state index is 0.178. The molecule has 3 aromatic rings. The molecule has 34 heavy (non-hydrogen) atoms. The van der Waals surface area contributed by atoms with Crippen LogP contribution in [0.15, 0.2) is 66.1 Å². The summed E-state index contributed by atoms with van der Waals surface area (Å²) >= 11 is 7.59. The van der Waals surface area contributed by atoms with Crippen LogP contribution in [-0.4, -0.2) is 28.4 Å². The third-order valence-electron chi connectivity index (χ3n) is 5.30. The van der Waals surface area contributed by atoms with Gasteiger partial charge in [-0.3, -0.25) is 25.7 Å². The molecule has 0 radical (unpaired) electrons. The molecule has 1 aliphatic rings. The maximum absolute atomic E-state index is 8.92. The maximum Gasteiger partial charge on any atom is 0.132 e. The van der Waals surface area contributed by atoms with Crippen molar-refractivity contribution in [2.45, 2.75) is 26.3 Å². The highest BCUT2D eigenvalue weighted by Gasteiger charge is 2.34. The second kappa shape index (κ2) is 9.64. The zero-order chi connectivity index (χ0) is 24.4. The Morgan fingerprint density at radius 3 is 2.62 bits per heavy atom. The lowest BCUT2D eigenvalue weighted by molar-refractivity contribution is 0.822. The molecule has 0 amide bonds. The minimum atomic E-state index is -0.576. The first kappa shape index (κ1) is 23.4. The van der Waals surface area contributed by atoms with E-state index < -0.39 is 6.04 Å². The summed E-state index contributed by atoms with van der Waals surface area (Å²) in [6.45, 7) is 7.48. The van der Waals surface area contributed by atoms with E-state index in [4.69, 9.17) is 33.1 Å². The van der Waals surface area contributed by atoms with Gasteiger partial charge in [0.25, 0.3) is 0 Å². The lowest BCUT2D eigenvalue weighted by Crippen LogP contribution is -2.40. The molecule has 1 aromatic carbocycles. The van der Waals surface area contributed by atoms with Crippen LogP contribution in [-0.2, 0) is 0 Å². The van der Waals surface area contributed by atoms with Crippen LogP contribution in [0.5, 0.6) is 0 Å². The fraction of sp³-hybridized carbons (Fsp3) is 0.154. The van der Waals surface area contributed by atoms with E-state index in [0.29, 0.717) is 17.1 Å². The van der Waals surface area contributed by atoms with Crippen LogP contribution in [0.4, 0.5) is 5.00 Å². The first-order chi connectivity index (χ1) is 16.3. The molecule has 3 heterocycles. The third-order valence-corrected chi connectivity index (χ3v) is 6.74. The molecule has 0 saturated carbocycles. The van der Waals surface area contributed by atoms with E-state index in [9.17, 15) is 0 Å². The van der Waals surface area contributed by atoms with Crippen LogP contribution in [0, 0.1) is 29.6 Å². The lowest BCUT2D eigenvalue weighted by Gasteiger charge is -2.24. The summed E-state index contributed by atoms with van der Waals surface area (Å²) in [5.41, 5.74) is 10.5. The number of fused-ring (bicyclic) bond motifs is 1. The fourth-order valence-corrected chi connectivity index (χ4v) is 5.06. The van der Waals surface area contributed by atoms with Crippen molar-refractivity contribution in [3.8, 4) is 11.8 Å². The largest absolute Gasteiger partial charge is 0.402 e. The second-order valence-corrected chi connectivity index (χ2v) is 9.33. The maximum atomic E-state index is 8.92. The predicted molar refractivity (Wildman–Crippen MR) is 142 cm³/mol. The molecule has 1 aliphatic heterocycles. The summed E-state index contributed by atoms with van der Waals surface area (Å²) in [6, 6.07) is 10.6. The Morgan fingerprint density at radius 2 is 2.00 bits per heavy atom. The number of pyridine rings is 1.